The SMILES string of the molecule is c1ccc2c(c1)SN(C13CC4CC(CC(C4)C1)C3)S2. The summed E-state index contributed by atoms with van der Waals surface area (Å²) in [5.41, 5.74) is 0.517. The molecule has 0 radical (unpaired) electrons. The summed E-state index contributed by atoms with van der Waals surface area (Å²) >= 11 is 4.04. The van der Waals surface area contributed by atoms with Gasteiger partial charge in [0.05, 0.1) is 0 Å². The summed E-state index contributed by atoms with van der Waals surface area (Å²) in [7, 11) is 0. The maximum absolute atomic E-state index is 2.70. The molecule has 4 saturated carbocycles. The molecule has 1 heterocycles. The van der Waals surface area contributed by atoms with Crippen molar-refractivity contribution in [2.75, 3.05) is 0 Å². The molecule has 0 N–H and O–H groups in total. The molecule has 0 spiro atoms. The molecule has 1 aromatic carbocycles. The number of nitrogens with zero attached hydrogens (tertiary/aromatic N) is 1. The van der Waals surface area contributed by atoms with Crippen LogP contribution in [0.15, 0.2) is 34.1 Å². The summed E-state index contributed by atoms with van der Waals surface area (Å²) in [5, 5.41) is 0. The fraction of sp³-hybridized carbons (Fsp3) is 0.625. The van der Waals surface area contributed by atoms with E-state index in [4.69, 9.17) is 0 Å². The molecule has 4 aliphatic carbocycles. The van der Waals surface area contributed by atoms with E-state index in [0.717, 1.165) is 17.8 Å². The lowest BCUT2D eigenvalue weighted by Crippen LogP contribution is -2.55. The fourth-order valence-electron chi connectivity index (χ4n) is 5.28. The first kappa shape index (κ1) is 11.5. The number of fused-ring (bicyclic) bond motifs is 1. The van der Waals surface area contributed by atoms with Crippen LogP contribution in [0.1, 0.15) is 38.5 Å². The second-order valence-electron chi connectivity index (χ2n) is 7.03. The molecule has 1 aliphatic heterocycles. The van der Waals surface area contributed by atoms with Crippen LogP contribution in [0.2, 0.25) is 0 Å². The number of rotatable bonds is 1. The van der Waals surface area contributed by atoms with Crippen LogP contribution in [0.5, 0.6) is 0 Å². The zero-order valence-corrected chi connectivity index (χ0v) is 12.7. The summed E-state index contributed by atoms with van der Waals surface area (Å²) in [6, 6.07) is 8.92. The molecule has 6 rings (SSSR count). The van der Waals surface area contributed by atoms with E-state index in [-0.39, 0.29) is 0 Å². The van der Waals surface area contributed by atoms with Gasteiger partial charge in [-0.05, 0) is 92.3 Å². The standard InChI is InChI=1S/C16H19NS2/c1-2-4-15-14(3-1)18-17(19-15)16-8-11-5-12(9-16)7-13(6-11)10-16/h1-4,11-13H,5-10H2. The van der Waals surface area contributed by atoms with E-state index >= 15 is 0 Å². The van der Waals surface area contributed by atoms with E-state index in [0.29, 0.717) is 5.54 Å². The Bertz CT molecular complexity index is 467. The number of hydrogen-bond donors (Lipinski definition) is 0. The highest BCUT2D eigenvalue weighted by atomic mass is 32.2. The predicted molar refractivity (Wildman–Crippen MR) is 80.9 cm³/mol. The topological polar surface area (TPSA) is 3.24 Å². The minimum atomic E-state index is 0.517. The molecular formula is C16H19NS2. The molecule has 5 aliphatic rings. The maximum Gasteiger partial charge on any atom is 0.0440 e. The third kappa shape index (κ3) is 1.68. The van der Waals surface area contributed by atoms with Gasteiger partial charge in [0.1, 0.15) is 0 Å². The van der Waals surface area contributed by atoms with Gasteiger partial charge in [-0.1, -0.05) is 12.1 Å². The zero-order valence-electron chi connectivity index (χ0n) is 11.0. The summed E-state index contributed by atoms with van der Waals surface area (Å²) in [6.45, 7) is 0. The van der Waals surface area contributed by atoms with E-state index in [1.807, 2.05) is 23.9 Å². The molecule has 0 amide bonds. The van der Waals surface area contributed by atoms with Gasteiger partial charge in [0, 0.05) is 15.3 Å². The molecule has 3 heteroatoms. The lowest BCUT2D eigenvalue weighted by Gasteiger charge is -2.58. The normalized spacial score (nSPS) is 43.7. The Morgan fingerprint density at radius 3 is 1.79 bits per heavy atom. The molecule has 1 aromatic rings. The second kappa shape index (κ2) is 3.96. The van der Waals surface area contributed by atoms with E-state index in [9.17, 15) is 0 Å². The van der Waals surface area contributed by atoms with Gasteiger partial charge in [-0.3, -0.25) is 0 Å². The van der Waals surface area contributed by atoms with Crippen molar-refractivity contribution in [2.24, 2.45) is 17.8 Å². The molecule has 100 valence electrons. The van der Waals surface area contributed by atoms with Gasteiger partial charge in [0.2, 0.25) is 0 Å². The van der Waals surface area contributed by atoms with Crippen LogP contribution in [-0.4, -0.2) is 9.25 Å². The summed E-state index contributed by atoms with van der Waals surface area (Å²) < 4.78 is 2.70. The Morgan fingerprint density at radius 2 is 1.32 bits per heavy atom. The number of hydrogen-bond acceptors (Lipinski definition) is 3. The van der Waals surface area contributed by atoms with Gasteiger partial charge in [-0.25, -0.2) is 0 Å². The van der Waals surface area contributed by atoms with Crippen molar-refractivity contribution in [3.8, 4) is 0 Å². The quantitative estimate of drug-likeness (QED) is 0.671. The first-order valence-electron chi connectivity index (χ1n) is 7.56. The Morgan fingerprint density at radius 1 is 0.842 bits per heavy atom. The monoisotopic (exact) mass is 289 g/mol. The number of benzene rings is 1. The van der Waals surface area contributed by atoms with Gasteiger partial charge in [-0.2, -0.15) is 3.71 Å². The Hall–Kier alpha value is -0.120. The lowest BCUT2D eigenvalue weighted by atomic mass is 9.53. The van der Waals surface area contributed by atoms with Gasteiger partial charge in [0.15, 0.2) is 0 Å². The van der Waals surface area contributed by atoms with E-state index in [2.05, 4.69) is 28.0 Å². The molecule has 1 nitrogen and oxygen atoms in total. The van der Waals surface area contributed by atoms with E-state index in [1.54, 1.807) is 0 Å². The molecule has 4 fully saturated rings. The van der Waals surface area contributed by atoms with Crippen LogP contribution >= 0.6 is 23.9 Å². The predicted octanol–water partition coefficient (Wildman–Crippen LogP) is 4.99. The summed E-state index contributed by atoms with van der Waals surface area (Å²) in [5.74, 6) is 3.11. The molecular weight excluding hydrogens is 270 g/mol. The lowest BCUT2D eigenvalue weighted by molar-refractivity contribution is -0.0293. The molecule has 0 unspecified atom stereocenters. The smallest absolute Gasteiger partial charge is 0.0440 e. The summed E-state index contributed by atoms with van der Waals surface area (Å²) in [4.78, 5) is 2.95. The van der Waals surface area contributed by atoms with E-state index < -0.39 is 0 Å². The van der Waals surface area contributed by atoms with Crippen LogP contribution in [0.25, 0.3) is 0 Å². The zero-order chi connectivity index (χ0) is 12.4. The van der Waals surface area contributed by atoms with Gasteiger partial charge in [-0.15, -0.1) is 0 Å². The molecule has 4 bridgehead atoms. The van der Waals surface area contributed by atoms with Crippen molar-refractivity contribution in [2.45, 2.75) is 53.9 Å². The van der Waals surface area contributed by atoms with Gasteiger partial charge >= 0.3 is 0 Å². The van der Waals surface area contributed by atoms with Crippen LogP contribution in [0.3, 0.4) is 0 Å². The van der Waals surface area contributed by atoms with E-state index in [1.165, 1.54) is 48.3 Å². The van der Waals surface area contributed by atoms with Crippen molar-refractivity contribution < 1.29 is 0 Å². The highest BCUT2D eigenvalue weighted by Crippen LogP contribution is 2.63. The third-order valence-corrected chi connectivity index (χ3v) is 8.39. The minimum Gasteiger partial charge on any atom is -0.179 e. The Labute approximate surface area is 123 Å². The van der Waals surface area contributed by atoms with Crippen molar-refractivity contribution >= 4 is 23.9 Å². The van der Waals surface area contributed by atoms with Crippen LogP contribution in [0, 0.1) is 17.8 Å². The maximum atomic E-state index is 2.70. The average Bonchev–Trinajstić information content (AvgIpc) is 2.81. The minimum absolute atomic E-state index is 0.517. The van der Waals surface area contributed by atoms with Crippen molar-refractivity contribution in [3.63, 3.8) is 0 Å². The molecule has 0 aromatic heterocycles. The fourth-order valence-corrected chi connectivity index (χ4v) is 7.92. The third-order valence-electron chi connectivity index (χ3n) is 5.60. The first-order chi connectivity index (χ1) is 9.31. The highest BCUT2D eigenvalue weighted by molar-refractivity contribution is 8.14. The van der Waals surface area contributed by atoms with Crippen LogP contribution in [0.4, 0.5) is 0 Å². The van der Waals surface area contributed by atoms with Crippen LogP contribution in [-0.2, 0) is 0 Å². The van der Waals surface area contributed by atoms with Crippen LogP contribution < -0.4 is 0 Å². The van der Waals surface area contributed by atoms with Crippen molar-refractivity contribution in [1.29, 1.82) is 0 Å². The summed E-state index contributed by atoms with van der Waals surface area (Å²) in [6.07, 6.45) is 9.01. The molecule has 19 heavy (non-hydrogen) atoms. The molecule has 0 saturated heterocycles. The van der Waals surface area contributed by atoms with Gasteiger partial charge in [0.25, 0.3) is 0 Å². The highest BCUT2D eigenvalue weighted by Gasteiger charge is 2.55. The Balaban J connectivity index is 1.48. The van der Waals surface area contributed by atoms with Gasteiger partial charge < -0.3 is 0 Å². The largest absolute Gasteiger partial charge is 0.179 e. The van der Waals surface area contributed by atoms with Crippen molar-refractivity contribution in [1.82, 2.24) is 3.71 Å². The average molecular weight is 289 g/mol. The Kier molecular flexibility index (Phi) is 2.40. The first-order valence-corrected chi connectivity index (χ1v) is 9.11. The second-order valence-corrected chi connectivity index (χ2v) is 9.23. The van der Waals surface area contributed by atoms with Crippen molar-refractivity contribution in [3.05, 3.63) is 24.3 Å². The molecule has 0 atom stereocenters.